The predicted octanol–water partition coefficient (Wildman–Crippen LogP) is 3.50. The zero-order valence-electron chi connectivity index (χ0n) is 12.5. The Morgan fingerprint density at radius 1 is 1.25 bits per heavy atom. The van der Waals surface area contributed by atoms with Gasteiger partial charge in [-0.3, -0.25) is 16.2 Å². The average molecular weight is 296 g/mol. The number of benzene rings is 1. The van der Waals surface area contributed by atoms with Gasteiger partial charge >= 0.3 is 0 Å². The van der Waals surface area contributed by atoms with Gasteiger partial charge in [0.15, 0.2) is 0 Å². The minimum Gasteiger partial charge on any atom is -0.296 e. The van der Waals surface area contributed by atoms with Crippen molar-refractivity contribution < 1.29 is 0 Å². The SMILES string of the molecule is CCN(CC)C1(C(NN)c2ccccc2Cl)CCCC1. The van der Waals surface area contributed by atoms with Gasteiger partial charge in [-0.15, -0.1) is 0 Å². The third-order valence-corrected chi connectivity index (χ3v) is 5.13. The van der Waals surface area contributed by atoms with E-state index >= 15 is 0 Å². The second-order valence-electron chi connectivity index (χ2n) is 5.60. The van der Waals surface area contributed by atoms with E-state index in [1.807, 2.05) is 18.2 Å². The first kappa shape index (κ1) is 15.8. The average Bonchev–Trinajstić information content (AvgIpc) is 2.93. The Labute approximate surface area is 127 Å². The molecule has 0 spiro atoms. The maximum atomic E-state index is 6.42. The Balaban J connectivity index is 2.43. The molecular weight excluding hydrogens is 270 g/mol. The third kappa shape index (κ3) is 2.73. The van der Waals surface area contributed by atoms with E-state index in [9.17, 15) is 0 Å². The van der Waals surface area contributed by atoms with Gasteiger partial charge in [0.25, 0.3) is 0 Å². The van der Waals surface area contributed by atoms with E-state index in [0.29, 0.717) is 0 Å². The molecular formula is C16H26ClN3. The summed E-state index contributed by atoms with van der Waals surface area (Å²) in [6, 6.07) is 8.13. The number of hydrazine groups is 1. The molecule has 0 amide bonds. The maximum absolute atomic E-state index is 6.42. The van der Waals surface area contributed by atoms with E-state index in [0.717, 1.165) is 23.7 Å². The molecule has 0 heterocycles. The quantitative estimate of drug-likeness (QED) is 0.623. The van der Waals surface area contributed by atoms with E-state index in [4.69, 9.17) is 17.4 Å². The summed E-state index contributed by atoms with van der Waals surface area (Å²) in [6.45, 7) is 6.53. The zero-order chi connectivity index (χ0) is 14.6. The second kappa shape index (κ2) is 6.90. The number of hydrogen-bond donors (Lipinski definition) is 2. The molecule has 0 saturated heterocycles. The molecule has 1 aromatic carbocycles. The van der Waals surface area contributed by atoms with Gasteiger partial charge in [-0.1, -0.05) is 56.5 Å². The van der Waals surface area contributed by atoms with Crippen molar-refractivity contribution in [3.63, 3.8) is 0 Å². The van der Waals surface area contributed by atoms with Crippen molar-refractivity contribution in [3.8, 4) is 0 Å². The van der Waals surface area contributed by atoms with Crippen LogP contribution < -0.4 is 11.3 Å². The fraction of sp³-hybridized carbons (Fsp3) is 0.625. The number of nitrogens with one attached hydrogen (secondary N) is 1. The van der Waals surface area contributed by atoms with Crippen LogP contribution in [0, 0.1) is 0 Å². The van der Waals surface area contributed by atoms with Crippen LogP contribution in [0.5, 0.6) is 0 Å². The van der Waals surface area contributed by atoms with Crippen LogP contribution in [0.1, 0.15) is 51.1 Å². The number of nitrogens with zero attached hydrogens (tertiary/aromatic N) is 1. The topological polar surface area (TPSA) is 41.3 Å². The predicted molar refractivity (Wildman–Crippen MR) is 85.6 cm³/mol. The van der Waals surface area contributed by atoms with Crippen LogP contribution in [0.2, 0.25) is 5.02 Å². The minimum atomic E-state index is 0.0820. The summed E-state index contributed by atoms with van der Waals surface area (Å²) in [5.74, 6) is 5.95. The lowest BCUT2D eigenvalue weighted by atomic mass is 9.82. The number of rotatable bonds is 6. The molecule has 0 bridgehead atoms. The molecule has 0 aromatic heterocycles. The van der Waals surface area contributed by atoms with Crippen molar-refractivity contribution in [1.29, 1.82) is 0 Å². The Kier molecular flexibility index (Phi) is 5.44. The standard InChI is InChI=1S/C16H26ClN3/c1-3-20(4-2)16(11-7-8-12-16)15(19-18)13-9-5-6-10-14(13)17/h5-6,9-10,15,19H,3-4,7-8,11-12,18H2,1-2H3. The van der Waals surface area contributed by atoms with Crippen molar-refractivity contribution in [3.05, 3.63) is 34.9 Å². The molecule has 4 heteroatoms. The van der Waals surface area contributed by atoms with Crippen molar-refractivity contribution in [2.24, 2.45) is 5.84 Å². The second-order valence-corrected chi connectivity index (χ2v) is 6.01. The van der Waals surface area contributed by atoms with Crippen LogP contribution >= 0.6 is 11.6 Å². The van der Waals surface area contributed by atoms with Crippen molar-refractivity contribution in [1.82, 2.24) is 10.3 Å². The first-order valence-corrected chi connectivity index (χ1v) is 8.03. The summed E-state index contributed by atoms with van der Waals surface area (Å²) < 4.78 is 0. The molecule has 1 saturated carbocycles. The van der Waals surface area contributed by atoms with Crippen LogP contribution in [0.3, 0.4) is 0 Å². The maximum Gasteiger partial charge on any atom is 0.0658 e. The number of likely N-dealkylation sites (N-methyl/N-ethyl adjacent to an activating group) is 1. The van der Waals surface area contributed by atoms with Gasteiger partial charge in [-0.2, -0.15) is 0 Å². The first-order chi connectivity index (χ1) is 9.69. The van der Waals surface area contributed by atoms with Crippen LogP contribution in [0.25, 0.3) is 0 Å². The highest BCUT2D eigenvalue weighted by molar-refractivity contribution is 6.31. The number of hydrogen-bond acceptors (Lipinski definition) is 3. The van der Waals surface area contributed by atoms with Crippen molar-refractivity contribution >= 4 is 11.6 Å². The van der Waals surface area contributed by atoms with Crippen molar-refractivity contribution in [2.45, 2.75) is 51.1 Å². The molecule has 20 heavy (non-hydrogen) atoms. The summed E-state index contributed by atoms with van der Waals surface area (Å²) in [6.07, 6.45) is 4.88. The summed E-state index contributed by atoms with van der Waals surface area (Å²) in [5, 5.41) is 0.800. The molecule has 1 unspecified atom stereocenters. The largest absolute Gasteiger partial charge is 0.296 e. The van der Waals surface area contributed by atoms with E-state index < -0.39 is 0 Å². The van der Waals surface area contributed by atoms with Crippen LogP contribution in [0.15, 0.2) is 24.3 Å². The van der Waals surface area contributed by atoms with Gasteiger partial charge < -0.3 is 0 Å². The highest BCUT2D eigenvalue weighted by atomic mass is 35.5. The Hall–Kier alpha value is -0.610. The van der Waals surface area contributed by atoms with E-state index in [1.54, 1.807) is 0 Å². The summed E-state index contributed by atoms with van der Waals surface area (Å²) >= 11 is 6.42. The fourth-order valence-electron chi connectivity index (χ4n) is 3.87. The van der Waals surface area contributed by atoms with Gasteiger partial charge in [0, 0.05) is 10.6 Å². The fourth-order valence-corrected chi connectivity index (χ4v) is 4.12. The lowest BCUT2D eigenvalue weighted by Crippen LogP contribution is -2.56. The number of nitrogens with two attached hydrogens (primary N) is 1. The zero-order valence-corrected chi connectivity index (χ0v) is 13.3. The monoisotopic (exact) mass is 295 g/mol. The van der Waals surface area contributed by atoms with E-state index in [2.05, 4.69) is 30.2 Å². The van der Waals surface area contributed by atoms with Gasteiger partial charge in [0.2, 0.25) is 0 Å². The molecule has 1 fully saturated rings. The molecule has 112 valence electrons. The highest BCUT2D eigenvalue weighted by Crippen LogP contribution is 2.45. The van der Waals surface area contributed by atoms with Gasteiger partial charge in [0.05, 0.1) is 6.04 Å². The molecule has 3 nitrogen and oxygen atoms in total. The Bertz CT molecular complexity index is 425. The molecule has 0 radical (unpaired) electrons. The van der Waals surface area contributed by atoms with Gasteiger partial charge in [-0.25, -0.2) is 0 Å². The van der Waals surface area contributed by atoms with E-state index in [1.165, 1.54) is 25.7 Å². The first-order valence-electron chi connectivity index (χ1n) is 7.65. The summed E-state index contributed by atoms with van der Waals surface area (Å²) in [4.78, 5) is 2.55. The van der Waals surface area contributed by atoms with Crippen molar-refractivity contribution in [2.75, 3.05) is 13.1 Å². The molecule has 2 rings (SSSR count). The summed E-state index contributed by atoms with van der Waals surface area (Å²) in [7, 11) is 0. The van der Waals surface area contributed by atoms with Gasteiger partial charge in [-0.05, 0) is 37.6 Å². The van der Waals surface area contributed by atoms with E-state index in [-0.39, 0.29) is 11.6 Å². The Morgan fingerprint density at radius 3 is 2.35 bits per heavy atom. The molecule has 1 atom stereocenters. The third-order valence-electron chi connectivity index (χ3n) is 4.78. The summed E-state index contributed by atoms with van der Waals surface area (Å²) in [5.41, 5.74) is 4.27. The van der Waals surface area contributed by atoms with Gasteiger partial charge in [0.1, 0.15) is 0 Å². The molecule has 1 aromatic rings. The smallest absolute Gasteiger partial charge is 0.0658 e. The minimum absolute atomic E-state index is 0.0820. The lowest BCUT2D eigenvalue weighted by Gasteiger charge is -2.46. The van der Waals surface area contributed by atoms with Crippen LogP contribution in [-0.4, -0.2) is 23.5 Å². The lowest BCUT2D eigenvalue weighted by molar-refractivity contribution is 0.0626. The molecule has 0 aliphatic heterocycles. The number of halogens is 1. The molecule has 1 aliphatic carbocycles. The highest BCUT2D eigenvalue weighted by Gasteiger charge is 2.45. The normalized spacial score (nSPS) is 19.4. The Morgan fingerprint density at radius 2 is 1.85 bits per heavy atom. The van der Waals surface area contributed by atoms with Crippen LogP contribution in [0.4, 0.5) is 0 Å². The molecule has 3 N–H and O–H groups in total. The molecule has 1 aliphatic rings. The van der Waals surface area contributed by atoms with Crippen LogP contribution in [-0.2, 0) is 0 Å².